The molecule has 0 saturated carbocycles. The predicted molar refractivity (Wildman–Crippen MR) is 46.8 cm³/mol. The number of imide groups is 1. The lowest BCUT2D eigenvalue weighted by Crippen LogP contribution is -2.49. The van der Waals surface area contributed by atoms with E-state index in [1.807, 2.05) is 0 Å². The van der Waals surface area contributed by atoms with Crippen LogP contribution in [0.1, 0.15) is 33.1 Å². The first-order chi connectivity index (χ1) is 6.04. The summed E-state index contributed by atoms with van der Waals surface area (Å²) in [6.45, 7) is 3.27. The number of amides is 2. The van der Waals surface area contributed by atoms with Crippen LogP contribution in [0.4, 0.5) is 0 Å². The van der Waals surface area contributed by atoms with Gasteiger partial charge in [0.2, 0.25) is 11.8 Å². The van der Waals surface area contributed by atoms with Gasteiger partial charge in [0.1, 0.15) is 0 Å². The van der Waals surface area contributed by atoms with Crippen molar-refractivity contribution in [2.45, 2.75) is 45.3 Å². The second kappa shape index (κ2) is 3.87. The average Bonchev–Trinajstić information content (AvgIpc) is 2.03. The van der Waals surface area contributed by atoms with Crippen molar-refractivity contribution < 1.29 is 14.7 Å². The zero-order valence-electron chi connectivity index (χ0n) is 7.99. The van der Waals surface area contributed by atoms with E-state index in [4.69, 9.17) is 0 Å². The first-order valence-electron chi connectivity index (χ1n) is 4.57. The van der Waals surface area contributed by atoms with Crippen LogP contribution in [0.3, 0.4) is 0 Å². The van der Waals surface area contributed by atoms with E-state index in [-0.39, 0.29) is 11.8 Å². The minimum atomic E-state index is -0.661. The highest BCUT2D eigenvalue weighted by Gasteiger charge is 2.31. The molecule has 1 rings (SSSR count). The zero-order chi connectivity index (χ0) is 10.0. The van der Waals surface area contributed by atoms with Gasteiger partial charge < -0.3 is 5.11 Å². The van der Waals surface area contributed by atoms with Gasteiger partial charge >= 0.3 is 0 Å². The summed E-state index contributed by atoms with van der Waals surface area (Å²) in [5.41, 5.74) is 0. The van der Waals surface area contributed by atoms with E-state index in [0.29, 0.717) is 19.3 Å². The Morgan fingerprint density at radius 1 is 1.23 bits per heavy atom. The lowest BCUT2D eigenvalue weighted by atomic mass is 10.1. The molecule has 1 N–H and O–H groups in total. The fourth-order valence-electron chi connectivity index (χ4n) is 1.44. The van der Waals surface area contributed by atoms with E-state index >= 15 is 0 Å². The minimum Gasteiger partial charge on any atom is -0.391 e. The topological polar surface area (TPSA) is 57.6 Å². The molecule has 2 atom stereocenters. The number of nitrogens with zero attached hydrogens (tertiary/aromatic N) is 1. The lowest BCUT2D eigenvalue weighted by Gasteiger charge is -2.32. The van der Waals surface area contributed by atoms with Crippen molar-refractivity contribution in [2.24, 2.45) is 0 Å². The van der Waals surface area contributed by atoms with E-state index in [1.165, 1.54) is 4.90 Å². The summed E-state index contributed by atoms with van der Waals surface area (Å²) >= 11 is 0. The highest BCUT2D eigenvalue weighted by molar-refractivity contribution is 5.97. The molecule has 2 amide bonds. The Morgan fingerprint density at radius 2 is 1.69 bits per heavy atom. The molecule has 0 aliphatic carbocycles. The number of rotatable bonds is 2. The van der Waals surface area contributed by atoms with E-state index in [0.717, 1.165) is 0 Å². The first-order valence-corrected chi connectivity index (χ1v) is 4.57. The van der Waals surface area contributed by atoms with Crippen LogP contribution in [0, 0.1) is 0 Å². The molecular weight excluding hydrogens is 170 g/mol. The lowest BCUT2D eigenvalue weighted by molar-refractivity contribution is -0.153. The zero-order valence-corrected chi connectivity index (χ0v) is 7.99. The monoisotopic (exact) mass is 185 g/mol. The molecule has 1 fully saturated rings. The van der Waals surface area contributed by atoms with Gasteiger partial charge in [0.15, 0.2) is 0 Å². The molecule has 1 aliphatic rings. The fourth-order valence-corrected chi connectivity index (χ4v) is 1.44. The summed E-state index contributed by atoms with van der Waals surface area (Å²) < 4.78 is 0. The average molecular weight is 185 g/mol. The Bertz CT molecular complexity index is 209. The fraction of sp³-hybridized carbons (Fsp3) is 0.778. The number of carbonyl (C=O) groups is 2. The molecule has 0 radical (unpaired) electrons. The van der Waals surface area contributed by atoms with Gasteiger partial charge in [-0.05, 0) is 20.3 Å². The van der Waals surface area contributed by atoms with Crippen molar-refractivity contribution in [1.29, 1.82) is 0 Å². The molecule has 74 valence electrons. The third-order valence-electron chi connectivity index (χ3n) is 2.42. The number of hydrogen-bond donors (Lipinski definition) is 1. The summed E-state index contributed by atoms with van der Waals surface area (Å²) in [4.78, 5) is 23.9. The molecular formula is C9H15NO3. The van der Waals surface area contributed by atoms with Crippen LogP contribution < -0.4 is 0 Å². The Hall–Kier alpha value is -0.900. The van der Waals surface area contributed by atoms with Crippen LogP contribution in [0.15, 0.2) is 0 Å². The third-order valence-corrected chi connectivity index (χ3v) is 2.42. The van der Waals surface area contributed by atoms with E-state index in [2.05, 4.69) is 0 Å². The second-order valence-electron chi connectivity index (χ2n) is 3.49. The highest BCUT2D eigenvalue weighted by atomic mass is 16.3. The van der Waals surface area contributed by atoms with E-state index < -0.39 is 12.1 Å². The Kier molecular flexibility index (Phi) is 3.03. The highest BCUT2D eigenvalue weighted by Crippen LogP contribution is 2.16. The molecule has 2 unspecified atom stereocenters. The number of aliphatic hydroxyl groups is 1. The van der Waals surface area contributed by atoms with Crippen LogP contribution in [0.5, 0.6) is 0 Å². The molecule has 1 saturated heterocycles. The van der Waals surface area contributed by atoms with Crippen LogP contribution in [-0.4, -0.2) is 34.0 Å². The minimum absolute atomic E-state index is 0.162. The Balaban J connectivity index is 2.74. The van der Waals surface area contributed by atoms with Crippen molar-refractivity contribution in [2.75, 3.05) is 0 Å². The molecule has 0 aromatic carbocycles. The molecule has 0 aromatic rings. The van der Waals surface area contributed by atoms with Crippen molar-refractivity contribution in [3.05, 3.63) is 0 Å². The molecule has 0 bridgehead atoms. The number of piperidine rings is 1. The standard InChI is InChI=1S/C9H15NO3/c1-6(7(2)11)10-8(12)4-3-5-9(10)13/h6-7,11H,3-5H2,1-2H3. The van der Waals surface area contributed by atoms with Crippen molar-refractivity contribution in [3.8, 4) is 0 Å². The van der Waals surface area contributed by atoms with Gasteiger partial charge in [0, 0.05) is 12.8 Å². The maximum atomic E-state index is 11.3. The van der Waals surface area contributed by atoms with Crippen molar-refractivity contribution >= 4 is 11.8 Å². The molecule has 0 aromatic heterocycles. The maximum absolute atomic E-state index is 11.3. The van der Waals surface area contributed by atoms with Crippen LogP contribution in [0.2, 0.25) is 0 Å². The van der Waals surface area contributed by atoms with Crippen LogP contribution in [0.25, 0.3) is 0 Å². The summed E-state index contributed by atoms with van der Waals surface area (Å²) in [5.74, 6) is -0.325. The van der Waals surface area contributed by atoms with E-state index in [1.54, 1.807) is 13.8 Å². The number of hydrogen-bond acceptors (Lipinski definition) is 3. The van der Waals surface area contributed by atoms with Gasteiger partial charge in [-0.15, -0.1) is 0 Å². The smallest absolute Gasteiger partial charge is 0.229 e. The summed E-state index contributed by atoms with van der Waals surface area (Å²) in [6, 6.07) is -0.403. The van der Waals surface area contributed by atoms with E-state index in [9.17, 15) is 14.7 Å². The van der Waals surface area contributed by atoms with Crippen molar-refractivity contribution in [1.82, 2.24) is 4.90 Å². The second-order valence-corrected chi connectivity index (χ2v) is 3.49. The quantitative estimate of drug-likeness (QED) is 0.629. The van der Waals surface area contributed by atoms with Crippen LogP contribution >= 0.6 is 0 Å². The molecule has 13 heavy (non-hydrogen) atoms. The van der Waals surface area contributed by atoms with Gasteiger partial charge in [0.25, 0.3) is 0 Å². The Morgan fingerprint density at radius 3 is 2.08 bits per heavy atom. The molecule has 1 aliphatic heterocycles. The third kappa shape index (κ3) is 2.06. The van der Waals surface area contributed by atoms with Gasteiger partial charge in [-0.2, -0.15) is 0 Å². The molecule has 4 heteroatoms. The number of aliphatic hydroxyl groups excluding tert-OH is 1. The van der Waals surface area contributed by atoms with Crippen molar-refractivity contribution in [3.63, 3.8) is 0 Å². The normalized spacial score (nSPS) is 23.2. The summed E-state index contributed by atoms with van der Waals surface area (Å²) in [6.07, 6.45) is 0.817. The van der Waals surface area contributed by atoms with Gasteiger partial charge in [-0.3, -0.25) is 14.5 Å². The number of carbonyl (C=O) groups excluding carboxylic acids is 2. The van der Waals surface area contributed by atoms with Gasteiger partial charge in [-0.25, -0.2) is 0 Å². The first kappa shape index (κ1) is 10.2. The Labute approximate surface area is 77.5 Å². The molecule has 4 nitrogen and oxygen atoms in total. The predicted octanol–water partition coefficient (Wildman–Crippen LogP) is 0.295. The number of likely N-dealkylation sites (tertiary alicyclic amines) is 1. The van der Waals surface area contributed by atoms with Gasteiger partial charge in [0.05, 0.1) is 12.1 Å². The van der Waals surface area contributed by atoms with Crippen LogP contribution in [-0.2, 0) is 9.59 Å². The molecule has 0 spiro atoms. The summed E-state index contributed by atoms with van der Waals surface area (Å²) in [7, 11) is 0. The summed E-state index contributed by atoms with van der Waals surface area (Å²) in [5, 5.41) is 9.26. The SMILES string of the molecule is CC(O)C(C)N1C(=O)CCCC1=O. The largest absolute Gasteiger partial charge is 0.391 e. The van der Waals surface area contributed by atoms with Gasteiger partial charge in [-0.1, -0.05) is 0 Å². The molecule has 1 heterocycles. The maximum Gasteiger partial charge on any atom is 0.229 e.